The molecule has 1 aromatic heterocycles. The van der Waals surface area contributed by atoms with Gasteiger partial charge in [0.05, 0.1) is 18.7 Å². The zero-order valence-corrected chi connectivity index (χ0v) is 17.8. The average molecular weight is 436 g/mol. The summed E-state index contributed by atoms with van der Waals surface area (Å²) in [5.74, 6) is 0.129. The molecule has 1 aliphatic rings. The molecular weight excluding hydrogens is 414 g/mol. The quantitative estimate of drug-likeness (QED) is 0.486. The van der Waals surface area contributed by atoms with E-state index in [1.54, 1.807) is 34.4 Å². The van der Waals surface area contributed by atoms with Gasteiger partial charge in [-0.25, -0.2) is 4.79 Å². The Labute approximate surface area is 178 Å². The largest absolute Gasteiger partial charge is 0.491 e. The highest BCUT2D eigenvalue weighted by atomic mass is 35.5. The number of ether oxygens (including phenoxy) is 3. The van der Waals surface area contributed by atoms with Crippen LogP contribution in [-0.4, -0.2) is 43.6 Å². The van der Waals surface area contributed by atoms with Gasteiger partial charge in [-0.05, 0) is 54.1 Å². The van der Waals surface area contributed by atoms with E-state index in [0.717, 1.165) is 6.42 Å². The third-order valence-electron chi connectivity index (χ3n) is 4.45. The van der Waals surface area contributed by atoms with Crippen LogP contribution in [-0.2, 0) is 27.3 Å². The molecule has 0 saturated carbocycles. The molecule has 154 valence electrons. The van der Waals surface area contributed by atoms with Gasteiger partial charge in [0.25, 0.3) is 5.91 Å². The summed E-state index contributed by atoms with van der Waals surface area (Å²) in [6, 6.07) is 5.41. The fraction of sp³-hybridized carbons (Fsp3) is 0.333. The maximum absolute atomic E-state index is 12.3. The number of halogens is 1. The summed E-state index contributed by atoms with van der Waals surface area (Å²) in [5, 5.41) is 2.41. The maximum Gasteiger partial charge on any atom is 0.331 e. The number of fused-ring (bicyclic) bond motifs is 1. The molecule has 0 unspecified atom stereocenters. The number of thiophene rings is 1. The number of hydrogen-bond donors (Lipinski definition) is 0. The van der Waals surface area contributed by atoms with E-state index in [2.05, 4.69) is 0 Å². The van der Waals surface area contributed by atoms with Crippen molar-refractivity contribution in [3.8, 4) is 11.5 Å². The summed E-state index contributed by atoms with van der Waals surface area (Å²) in [7, 11) is 1.51. The molecule has 1 aromatic carbocycles. The summed E-state index contributed by atoms with van der Waals surface area (Å²) >= 11 is 7.91. The molecule has 1 aliphatic heterocycles. The number of nitrogens with zero attached hydrogens (tertiary/aromatic N) is 1. The van der Waals surface area contributed by atoms with Crippen molar-refractivity contribution in [2.24, 2.45) is 0 Å². The van der Waals surface area contributed by atoms with E-state index < -0.39 is 5.97 Å². The van der Waals surface area contributed by atoms with Gasteiger partial charge in [-0.3, -0.25) is 4.79 Å². The maximum atomic E-state index is 12.3. The summed E-state index contributed by atoms with van der Waals surface area (Å²) in [5.41, 5.74) is 1.82. The van der Waals surface area contributed by atoms with Crippen LogP contribution in [0.3, 0.4) is 0 Å². The Bertz CT molecular complexity index is 924. The van der Waals surface area contributed by atoms with Gasteiger partial charge in [0, 0.05) is 24.0 Å². The van der Waals surface area contributed by atoms with Crippen LogP contribution >= 0.6 is 22.9 Å². The van der Waals surface area contributed by atoms with Crippen molar-refractivity contribution in [2.75, 3.05) is 26.9 Å². The van der Waals surface area contributed by atoms with Crippen LogP contribution in [0.2, 0.25) is 5.02 Å². The minimum absolute atomic E-state index is 0.199. The molecule has 2 aromatic rings. The Morgan fingerprint density at radius 3 is 2.93 bits per heavy atom. The highest BCUT2D eigenvalue weighted by Crippen LogP contribution is 2.36. The number of benzene rings is 1. The Hall–Kier alpha value is -2.51. The van der Waals surface area contributed by atoms with Crippen LogP contribution < -0.4 is 9.47 Å². The van der Waals surface area contributed by atoms with Gasteiger partial charge in [-0.1, -0.05) is 11.6 Å². The molecule has 6 nitrogen and oxygen atoms in total. The van der Waals surface area contributed by atoms with E-state index in [-0.39, 0.29) is 12.5 Å². The second kappa shape index (κ2) is 9.80. The number of carbonyl (C=O) groups excluding carboxylic acids is 2. The summed E-state index contributed by atoms with van der Waals surface area (Å²) in [4.78, 5) is 27.4. The van der Waals surface area contributed by atoms with Crippen molar-refractivity contribution >= 4 is 40.9 Å². The van der Waals surface area contributed by atoms with Crippen molar-refractivity contribution in [3.05, 3.63) is 50.7 Å². The van der Waals surface area contributed by atoms with Crippen LogP contribution in [0.5, 0.6) is 11.5 Å². The third-order valence-corrected chi connectivity index (χ3v) is 5.75. The molecule has 0 N–H and O–H groups in total. The van der Waals surface area contributed by atoms with Gasteiger partial charge in [0.2, 0.25) is 0 Å². The van der Waals surface area contributed by atoms with E-state index in [4.69, 9.17) is 25.8 Å². The third kappa shape index (κ3) is 5.31. The highest BCUT2D eigenvalue weighted by Gasteiger charge is 2.22. The molecule has 8 heteroatoms. The lowest BCUT2D eigenvalue weighted by Gasteiger charge is -2.26. The van der Waals surface area contributed by atoms with Gasteiger partial charge >= 0.3 is 5.97 Å². The number of carbonyl (C=O) groups is 2. The summed E-state index contributed by atoms with van der Waals surface area (Å²) < 4.78 is 15.8. The molecule has 0 atom stereocenters. The van der Waals surface area contributed by atoms with Gasteiger partial charge in [0.15, 0.2) is 18.1 Å². The minimum Gasteiger partial charge on any atom is -0.491 e. The number of esters is 1. The molecule has 0 aliphatic carbocycles. The van der Waals surface area contributed by atoms with E-state index in [1.807, 2.05) is 18.4 Å². The van der Waals surface area contributed by atoms with Gasteiger partial charge in [0.1, 0.15) is 0 Å². The van der Waals surface area contributed by atoms with Gasteiger partial charge < -0.3 is 19.1 Å². The van der Waals surface area contributed by atoms with Crippen LogP contribution in [0.1, 0.15) is 22.9 Å². The fourth-order valence-corrected chi connectivity index (χ4v) is 4.23. The number of hydrogen-bond acceptors (Lipinski definition) is 6. The first kappa shape index (κ1) is 21.2. The molecule has 0 bridgehead atoms. The first-order chi connectivity index (χ1) is 14.0. The normalized spacial score (nSPS) is 13.3. The van der Waals surface area contributed by atoms with Crippen LogP contribution in [0, 0.1) is 0 Å². The lowest BCUT2D eigenvalue weighted by molar-refractivity contribution is -0.148. The Morgan fingerprint density at radius 1 is 1.34 bits per heavy atom. The Balaban J connectivity index is 1.55. The lowest BCUT2D eigenvalue weighted by Crippen LogP contribution is -2.38. The molecule has 0 radical (unpaired) electrons. The number of methoxy groups -OCH3 is 1. The zero-order chi connectivity index (χ0) is 20.8. The second-order valence-electron chi connectivity index (χ2n) is 6.34. The van der Waals surface area contributed by atoms with E-state index in [1.165, 1.54) is 23.6 Å². The molecule has 2 heterocycles. The van der Waals surface area contributed by atoms with Crippen LogP contribution in [0.4, 0.5) is 0 Å². The average Bonchev–Trinajstić information content (AvgIpc) is 3.18. The zero-order valence-electron chi connectivity index (χ0n) is 16.3. The minimum atomic E-state index is -0.600. The van der Waals surface area contributed by atoms with Crippen molar-refractivity contribution in [2.45, 2.75) is 19.9 Å². The molecule has 0 fully saturated rings. The van der Waals surface area contributed by atoms with Crippen molar-refractivity contribution in [3.63, 3.8) is 0 Å². The Kier molecular flexibility index (Phi) is 7.17. The smallest absolute Gasteiger partial charge is 0.331 e. The second-order valence-corrected chi connectivity index (χ2v) is 7.75. The van der Waals surface area contributed by atoms with E-state index in [0.29, 0.717) is 41.8 Å². The summed E-state index contributed by atoms with van der Waals surface area (Å²) in [6.07, 6.45) is 3.65. The van der Waals surface area contributed by atoms with Crippen LogP contribution in [0.25, 0.3) is 6.08 Å². The van der Waals surface area contributed by atoms with Crippen molar-refractivity contribution < 1.29 is 23.8 Å². The molecular formula is C21H22ClNO5S. The van der Waals surface area contributed by atoms with Crippen molar-refractivity contribution in [1.29, 1.82) is 0 Å². The van der Waals surface area contributed by atoms with Gasteiger partial charge in [-0.2, -0.15) is 0 Å². The molecule has 1 amide bonds. The van der Waals surface area contributed by atoms with Crippen molar-refractivity contribution in [1.82, 2.24) is 4.90 Å². The van der Waals surface area contributed by atoms with E-state index in [9.17, 15) is 9.59 Å². The lowest BCUT2D eigenvalue weighted by atomic mass is 10.1. The fourth-order valence-electron chi connectivity index (χ4n) is 3.04. The first-order valence-electron chi connectivity index (χ1n) is 9.20. The SMILES string of the molecule is CCOc1cc(/C=C/C(=O)OCC(=O)N2CCc3sccc3C2)cc(Cl)c1OC. The predicted octanol–water partition coefficient (Wildman–Crippen LogP) is 3.95. The molecule has 3 rings (SSSR count). The predicted molar refractivity (Wildman–Crippen MR) is 113 cm³/mol. The topological polar surface area (TPSA) is 65.1 Å². The number of rotatable bonds is 7. The van der Waals surface area contributed by atoms with E-state index >= 15 is 0 Å². The van der Waals surface area contributed by atoms with Gasteiger partial charge in [-0.15, -0.1) is 11.3 Å². The highest BCUT2D eigenvalue weighted by molar-refractivity contribution is 7.10. The molecule has 29 heavy (non-hydrogen) atoms. The molecule has 0 saturated heterocycles. The summed E-state index contributed by atoms with van der Waals surface area (Å²) in [6.45, 7) is 3.23. The molecule has 0 spiro atoms. The Morgan fingerprint density at radius 2 is 2.17 bits per heavy atom. The monoisotopic (exact) mass is 435 g/mol. The van der Waals surface area contributed by atoms with Crippen LogP contribution in [0.15, 0.2) is 29.7 Å². The first-order valence-corrected chi connectivity index (χ1v) is 10.5. The standard InChI is InChI=1S/C21H22ClNO5S/c1-3-27-17-11-14(10-16(22)21(17)26-2)4-5-20(25)28-13-19(24)23-8-6-18-15(12-23)7-9-29-18/h4-5,7,9-11H,3,6,8,12-13H2,1-2H3/b5-4+. The number of amides is 1.